The smallest absolute Gasteiger partial charge is 0.182 e. The van der Waals surface area contributed by atoms with Crippen molar-refractivity contribution >= 4 is 5.69 Å². The van der Waals surface area contributed by atoms with Crippen LogP contribution >= 0.6 is 0 Å². The zero-order valence-corrected chi connectivity index (χ0v) is 13.2. The minimum Gasteiger partial charge on any atom is -0.389 e. The normalized spacial score (nSPS) is 12.1. The summed E-state index contributed by atoms with van der Waals surface area (Å²) in [6.45, 7) is 2.20. The molecule has 0 spiro atoms. The highest BCUT2D eigenvalue weighted by atomic mass is 19.1. The lowest BCUT2D eigenvalue weighted by atomic mass is 10.2. The molecule has 0 aliphatic heterocycles. The average Bonchev–Trinajstić information content (AvgIpc) is 3.05. The molecule has 1 unspecified atom stereocenters. The molecular formula is C17H18FN5O. The van der Waals surface area contributed by atoms with Gasteiger partial charge in [0, 0.05) is 17.8 Å². The zero-order chi connectivity index (χ0) is 16.9. The first-order valence-corrected chi connectivity index (χ1v) is 7.63. The predicted molar refractivity (Wildman–Crippen MR) is 88.9 cm³/mol. The largest absolute Gasteiger partial charge is 0.389 e. The number of nitrogens with zero attached hydrogens (tertiary/aromatic N) is 4. The molecule has 0 amide bonds. The Hall–Kier alpha value is -2.80. The maximum atomic E-state index is 13.5. The van der Waals surface area contributed by atoms with E-state index in [9.17, 15) is 9.50 Å². The fraction of sp³-hybridized carbons (Fsp3) is 0.235. The molecule has 1 aromatic heterocycles. The van der Waals surface area contributed by atoms with Crippen molar-refractivity contribution in [3.8, 4) is 11.4 Å². The number of benzene rings is 2. The topological polar surface area (TPSA) is 75.9 Å². The van der Waals surface area contributed by atoms with Crippen LogP contribution < -0.4 is 5.32 Å². The van der Waals surface area contributed by atoms with Crippen LogP contribution in [-0.4, -0.2) is 38.0 Å². The van der Waals surface area contributed by atoms with E-state index in [0.29, 0.717) is 17.1 Å². The molecule has 3 rings (SSSR count). The van der Waals surface area contributed by atoms with Gasteiger partial charge in [-0.15, -0.1) is 5.10 Å². The third-order valence-electron chi connectivity index (χ3n) is 3.66. The Kier molecular flexibility index (Phi) is 4.81. The number of aryl methyl sites for hydroxylation is 1. The van der Waals surface area contributed by atoms with Crippen molar-refractivity contribution in [2.24, 2.45) is 0 Å². The van der Waals surface area contributed by atoms with Gasteiger partial charge in [0.05, 0.1) is 12.6 Å². The summed E-state index contributed by atoms with van der Waals surface area (Å²) in [7, 11) is 0. The summed E-state index contributed by atoms with van der Waals surface area (Å²) < 4.78 is 15.1. The van der Waals surface area contributed by atoms with Crippen LogP contribution in [0.5, 0.6) is 0 Å². The Morgan fingerprint density at radius 1 is 1.21 bits per heavy atom. The van der Waals surface area contributed by atoms with Crippen LogP contribution in [0, 0.1) is 12.7 Å². The van der Waals surface area contributed by atoms with E-state index < -0.39 is 6.10 Å². The standard InChI is InChI=1S/C17H18FN5O/c1-12-7-8-14(9-16(12)18)19-10-15(24)11-23-17(20-21-22-23)13-5-3-2-4-6-13/h2-9,15,19,24H,10-11H2,1H3. The number of halogens is 1. The van der Waals surface area contributed by atoms with Gasteiger partial charge in [-0.2, -0.15) is 0 Å². The summed E-state index contributed by atoms with van der Waals surface area (Å²) in [5, 5.41) is 24.8. The summed E-state index contributed by atoms with van der Waals surface area (Å²) in [4.78, 5) is 0. The van der Waals surface area contributed by atoms with Crippen LogP contribution in [0.15, 0.2) is 48.5 Å². The molecule has 24 heavy (non-hydrogen) atoms. The van der Waals surface area contributed by atoms with Gasteiger partial charge >= 0.3 is 0 Å². The fourth-order valence-electron chi connectivity index (χ4n) is 2.32. The van der Waals surface area contributed by atoms with Gasteiger partial charge in [-0.25, -0.2) is 9.07 Å². The van der Waals surface area contributed by atoms with Crippen molar-refractivity contribution in [1.82, 2.24) is 20.2 Å². The van der Waals surface area contributed by atoms with Crippen LogP contribution in [-0.2, 0) is 6.54 Å². The Morgan fingerprint density at radius 2 is 2.00 bits per heavy atom. The first-order chi connectivity index (χ1) is 11.6. The summed E-state index contributed by atoms with van der Waals surface area (Å²) in [5.74, 6) is 0.317. The van der Waals surface area contributed by atoms with E-state index in [2.05, 4.69) is 20.8 Å². The molecule has 1 heterocycles. The van der Waals surface area contributed by atoms with Crippen molar-refractivity contribution < 1.29 is 9.50 Å². The Balaban J connectivity index is 1.62. The van der Waals surface area contributed by atoms with E-state index in [1.165, 1.54) is 6.07 Å². The zero-order valence-electron chi connectivity index (χ0n) is 13.2. The van der Waals surface area contributed by atoms with Crippen LogP contribution in [0.4, 0.5) is 10.1 Å². The second-order valence-electron chi connectivity index (χ2n) is 5.55. The maximum Gasteiger partial charge on any atom is 0.182 e. The quantitative estimate of drug-likeness (QED) is 0.726. The Morgan fingerprint density at radius 3 is 2.75 bits per heavy atom. The molecule has 1 atom stereocenters. The van der Waals surface area contributed by atoms with Crippen LogP contribution in [0.25, 0.3) is 11.4 Å². The number of aliphatic hydroxyl groups excluding tert-OH is 1. The molecule has 0 saturated heterocycles. The van der Waals surface area contributed by atoms with Crippen LogP contribution in [0.2, 0.25) is 0 Å². The predicted octanol–water partition coefficient (Wildman–Crippen LogP) is 2.26. The lowest BCUT2D eigenvalue weighted by Gasteiger charge is -2.14. The van der Waals surface area contributed by atoms with Gasteiger partial charge in [-0.1, -0.05) is 36.4 Å². The number of hydrogen-bond acceptors (Lipinski definition) is 5. The molecule has 0 radical (unpaired) electrons. The van der Waals surface area contributed by atoms with E-state index >= 15 is 0 Å². The lowest BCUT2D eigenvalue weighted by Crippen LogP contribution is -2.26. The third kappa shape index (κ3) is 3.75. The molecule has 2 N–H and O–H groups in total. The second kappa shape index (κ2) is 7.18. The molecule has 0 saturated carbocycles. The van der Waals surface area contributed by atoms with Gasteiger partial charge in [0.15, 0.2) is 5.82 Å². The van der Waals surface area contributed by atoms with Gasteiger partial charge in [-0.3, -0.25) is 0 Å². The molecule has 6 nitrogen and oxygen atoms in total. The highest BCUT2D eigenvalue weighted by Crippen LogP contribution is 2.16. The van der Waals surface area contributed by atoms with E-state index in [1.54, 1.807) is 23.7 Å². The van der Waals surface area contributed by atoms with E-state index in [1.807, 2.05) is 30.3 Å². The molecule has 124 valence electrons. The second-order valence-corrected chi connectivity index (χ2v) is 5.55. The van der Waals surface area contributed by atoms with Crippen molar-refractivity contribution in [2.75, 3.05) is 11.9 Å². The van der Waals surface area contributed by atoms with E-state index in [-0.39, 0.29) is 18.9 Å². The van der Waals surface area contributed by atoms with Gasteiger partial charge in [0.25, 0.3) is 0 Å². The number of aliphatic hydroxyl groups is 1. The molecule has 0 aliphatic rings. The number of nitrogens with one attached hydrogen (secondary N) is 1. The molecule has 2 aromatic carbocycles. The van der Waals surface area contributed by atoms with E-state index in [0.717, 1.165) is 5.56 Å². The summed E-state index contributed by atoms with van der Waals surface area (Å²) >= 11 is 0. The van der Waals surface area contributed by atoms with Crippen molar-refractivity contribution in [2.45, 2.75) is 19.6 Å². The first kappa shape index (κ1) is 16.1. The highest BCUT2D eigenvalue weighted by Gasteiger charge is 2.13. The molecule has 7 heteroatoms. The van der Waals surface area contributed by atoms with Gasteiger partial charge in [0.2, 0.25) is 0 Å². The number of hydrogen-bond donors (Lipinski definition) is 2. The van der Waals surface area contributed by atoms with Crippen molar-refractivity contribution in [3.63, 3.8) is 0 Å². The summed E-state index contributed by atoms with van der Waals surface area (Å²) in [6, 6.07) is 14.4. The summed E-state index contributed by atoms with van der Waals surface area (Å²) in [5.41, 5.74) is 2.09. The van der Waals surface area contributed by atoms with Gasteiger partial charge < -0.3 is 10.4 Å². The molecule has 0 bridgehead atoms. The van der Waals surface area contributed by atoms with Crippen LogP contribution in [0.1, 0.15) is 5.56 Å². The highest BCUT2D eigenvalue weighted by molar-refractivity contribution is 5.53. The number of rotatable bonds is 6. The molecule has 0 aliphatic carbocycles. The fourth-order valence-corrected chi connectivity index (χ4v) is 2.32. The summed E-state index contributed by atoms with van der Waals surface area (Å²) in [6.07, 6.45) is -0.722. The van der Waals surface area contributed by atoms with Crippen LogP contribution in [0.3, 0.4) is 0 Å². The Labute approximate surface area is 138 Å². The Bertz CT molecular complexity index is 806. The minimum absolute atomic E-state index is 0.235. The maximum absolute atomic E-state index is 13.5. The van der Waals surface area contributed by atoms with Crippen molar-refractivity contribution in [3.05, 3.63) is 59.9 Å². The monoisotopic (exact) mass is 327 g/mol. The molecule has 0 fully saturated rings. The first-order valence-electron chi connectivity index (χ1n) is 7.63. The number of anilines is 1. The third-order valence-corrected chi connectivity index (χ3v) is 3.66. The SMILES string of the molecule is Cc1ccc(NCC(O)Cn2nnnc2-c2ccccc2)cc1F. The van der Waals surface area contributed by atoms with Crippen molar-refractivity contribution in [1.29, 1.82) is 0 Å². The van der Waals surface area contributed by atoms with Gasteiger partial charge in [-0.05, 0) is 35.0 Å². The molecular weight excluding hydrogens is 309 g/mol. The minimum atomic E-state index is -0.722. The number of aromatic nitrogens is 4. The number of tetrazole rings is 1. The van der Waals surface area contributed by atoms with E-state index in [4.69, 9.17) is 0 Å². The average molecular weight is 327 g/mol. The van der Waals surface area contributed by atoms with Gasteiger partial charge in [0.1, 0.15) is 5.82 Å². The lowest BCUT2D eigenvalue weighted by molar-refractivity contribution is 0.161. The molecule has 3 aromatic rings.